The zero-order valence-electron chi connectivity index (χ0n) is 23.4. The number of amides is 3. The molecule has 2 aliphatic heterocycles. The number of urea groups is 1. The van der Waals surface area contributed by atoms with E-state index in [4.69, 9.17) is 13.9 Å². The van der Waals surface area contributed by atoms with Crippen molar-refractivity contribution in [2.75, 3.05) is 64.4 Å². The number of carbonyl (C=O) groups excluding carboxylic acids is 2. The Hall–Kier alpha value is -3.30. The van der Waals surface area contributed by atoms with Crippen molar-refractivity contribution in [1.82, 2.24) is 14.7 Å². The normalized spacial score (nSPS) is 18.0. The number of rotatable bonds is 11. The molecule has 9 nitrogen and oxygen atoms in total. The summed E-state index contributed by atoms with van der Waals surface area (Å²) in [4.78, 5) is 31.6. The maximum Gasteiger partial charge on any atom is 0.416 e. The van der Waals surface area contributed by atoms with E-state index < -0.39 is 47.6 Å². The second-order valence-corrected chi connectivity index (χ2v) is 10.4. The molecule has 2 aromatic rings. The monoisotopic (exact) mass is 620 g/mol. The first-order valence-corrected chi connectivity index (χ1v) is 14.0. The number of alkyl halides is 6. The molecule has 3 heterocycles. The van der Waals surface area contributed by atoms with Crippen molar-refractivity contribution in [3.63, 3.8) is 0 Å². The van der Waals surface area contributed by atoms with Crippen LogP contribution in [0.2, 0.25) is 0 Å². The van der Waals surface area contributed by atoms with Crippen molar-refractivity contribution in [3.8, 4) is 0 Å². The Bertz CT molecular complexity index is 1160. The van der Waals surface area contributed by atoms with E-state index in [1.54, 1.807) is 12.1 Å². The number of morpholine rings is 1. The van der Waals surface area contributed by atoms with Gasteiger partial charge in [-0.1, -0.05) is 0 Å². The fourth-order valence-electron chi connectivity index (χ4n) is 4.93. The lowest BCUT2D eigenvalue weighted by molar-refractivity contribution is -0.143. The molecule has 1 aromatic carbocycles. The molecular formula is C28H34F6N4O5. The van der Waals surface area contributed by atoms with Crippen molar-refractivity contribution in [2.24, 2.45) is 0 Å². The lowest BCUT2D eigenvalue weighted by atomic mass is 10.1. The minimum Gasteiger partial charge on any atom is -0.467 e. The Morgan fingerprint density at radius 3 is 2.26 bits per heavy atom. The molecule has 1 atom stereocenters. The van der Waals surface area contributed by atoms with Crippen LogP contribution in [0.15, 0.2) is 41.0 Å². The molecule has 2 saturated heterocycles. The van der Waals surface area contributed by atoms with Gasteiger partial charge in [-0.25, -0.2) is 4.79 Å². The van der Waals surface area contributed by atoms with Crippen LogP contribution >= 0.6 is 0 Å². The van der Waals surface area contributed by atoms with E-state index in [1.165, 1.54) is 11.2 Å². The number of ether oxygens (including phenoxy) is 2. The van der Waals surface area contributed by atoms with E-state index in [0.717, 1.165) is 17.7 Å². The zero-order chi connectivity index (χ0) is 31.0. The largest absolute Gasteiger partial charge is 0.467 e. The van der Waals surface area contributed by atoms with Gasteiger partial charge in [0.05, 0.1) is 43.3 Å². The summed E-state index contributed by atoms with van der Waals surface area (Å²) < 4.78 is 96.7. The number of carbonyl (C=O) groups is 2. The fourth-order valence-corrected chi connectivity index (χ4v) is 4.93. The third-order valence-corrected chi connectivity index (χ3v) is 7.19. The molecule has 0 spiro atoms. The topological polar surface area (TPSA) is 87.5 Å². The number of nitrogens with one attached hydrogen (secondary N) is 1. The second-order valence-electron chi connectivity index (χ2n) is 10.4. The van der Waals surface area contributed by atoms with Gasteiger partial charge in [0.15, 0.2) is 0 Å². The summed E-state index contributed by atoms with van der Waals surface area (Å²) in [6.07, 6.45) is -6.94. The summed E-state index contributed by atoms with van der Waals surface area (Å²) in [6, 6.07) is 3.20. The predicted molar refractivity (Wildman–Crippen MR) is 142 cm³/mol. The maximum atomic E-state index is 13.5. The molecule has 0 bridgehead atoms. The highest BCUT2D eigenvalue weighted by molar-refractivity contribution is 5.92. The SMILES string of the molecule is O=C(CN(CCCN1CCOCC1)C(=O)Nc1cc(C(F)(F)F)cc(C(F)(F)F)c1)N(Cc1ccco1)C[C@@H]1CCCO1. The van der Waals surface area contributed by atoms with Crippen LogP contribution in [0.3, 0.4) is 0 Å². The first kappa shape index (κ1) is 32.6. The number of anilines is 1. The van der Waals surface area contributed by atoms with Crippen molar-refractivity contribution >= 4 is 17.6 Å². The molecule has 0 saturated carbocycles. The van der Waals surface area contributed by atoms with Crippen molar-refractivity contribution in [3.05, 3.63) is 53.5 Å². The Morgan fingerprint density at radius 1 is 0.977 bits per heavy atom. The number of nitrogens with zero attached hydrogens (tertiary/aromatic N) is 3. The van der Waals surface area contributed by atoms with E-state index >= 15 is 0 Å². The highest BCUT2D eigenvalue weighted by Gasteiger charge is 2.37. The van der Waals surface area contributed by atoms with E-state index in [2.05, 4.69) is 10.2 Å². The first-order valence-electron chi connectivity index (χ1n) is 14.0. The molecular weight excluding hydrogens is 586 g/mol. The van der Waals surface area contributed by atoms with E-state index in [1.807, 2.05) is 0 Å². The van der Waals surface area contributed by atoms with Crippen LogP contribution in [0.1, 0.15) is 36.1 Å². The van der Waals surface area contributed by atoms with Crippen LogP contribution in [0, 0.1) is 0 Å². The number of hydrogen-bond donors (Lipinski definition) is 1. The van der Waals surface area contributed by atoms with Crippen LogP contribution in [-0.4, -0.2) is 91.8 Å². The molecule has 1 aromatic heterocycles. The van der Waals surface area contributed by atoms with Crippen LogP contribution in [0.25, 0.3) is 0 Å². The predicted octanol–water partition coefficient (Wildman–Crippen LogP) is 5.08. The summed E-state index contributed by atoms with van der Waals surface area (Å²) in [5, 5.41) is 2.16. The summed E-state index contributed by atoms with van der Waals surface area (Å²) in [5.74, 6) is 0.0201. The molecule has 43 heavy (non-hydrogen) atoms. The smallest absolute Gasteiger partial charge is 0.416 e. The van der Waals surface area contributed by atoms with Gasteiger partial charge in [0.25, 0.3) is 0 Å². The van der Waals surface area contributed by atoms with Crippen molar-refractivity contribution in [2.45, 2.75) is 44.3 Å². The Balaban J connectivity index is 1.52. The van der Waals surface area contributed by atoms with Gasteiger partial charge < -0.3 is 29.0 Å². The zero-order valence-corrected chi connectivity index (χ0v) is 23.4. The average Bonchev–Trinajstić information content (AvgIpc) is 3.66. The van der Waals surface area contributed by atoms with Crippen molar-refractivity contribution < 1.29 is 49.8 Å². The average molecular weight is 621 g/mol. The molecule has 2 aliphatic rings. The molecule has 3 amide bonds. The van der Waals surface area contributed by atoms with Gasteiger partial charge in [-0.15, -0.1) is 0 Å². The minimum atomic E-state index is -5.08. The van der Waals surface area contributed by atoms with Gasteiger partial charge in [0.2, 0.25) is 5.91 Å². The Kier molecular flexibility index (Phi) is 11.0. The molecule has 238 valence electrons. The highest BCUT2D eigenvalue weighted by Crippen LogP contribution is 2.37. The molecule has 2 fully saturated rings. The third kappa shape index (κ3) is 9.86. The molecule has 0 aliphatic carbocycles. The highest BCUT2D eigenvalue weighted by atomic mass is 19.4. The lowest BCUT2D eigenvalue weighted by Gasteiger charge is -2.30. The standard InChI is InChI=1S/C28H34F6N4O5/c29-27(30,31)20-14-21(28(32,33)34)16-22(15-20)35-26(40)37(7-3-6-36-8-12-41-13-9-36)19-25(39)38(17-23-4-1-10-42-23)18-24-5-2-11-43-24/h1,4,10,14-16,24H,2-3,5-9,11-13,17-19H2,(H,35,40)/t24-/m0/s1. The minimum absolute atomic E-state index is 0.0170. The van der Waals surface area contributed by atoms with Gasteiger partial charge >= 0.3 is 18.4 Å². The fraction of sp³-hybridized carbons (Fsp3) is 0.571. The third-order valence-electron chi connectivity index (χ3n) is 7.19. The molecule has 0 unspecified atom stereocenters. The molecule has 0 radical (unpaired) electrons. The Labute approximate surface area is 244 Å². The number of halogens is 6. The van der Waals surface area contributed by atoms with E-state index in [0.29, 0.717) is 63.8 Å². The quantitative estimate of drug-likeness (QED) is 0.353. The Morgan fingerprint density at radius 2 is 1.67 bits per heavy atom. The second kappa shape index (κ2) is 14.4. The molecule has 4 rings (SSSR count). The first-order chi connectivity index (χ1) is 20.4. The van der Waals surface area contributed by atoms with E-state index in [-0.39, 0.29) is 31.8 Å². The van der Waals surface area contributed by atoms with Gasteiger partial charge in [-0.05, 0) is 49.6 Å². The summed E-state index contributed by atoms with van der Waals surface area (Å²) >= 11 is 0. The van der Waals surface area contributed by atoms with Crippen LogP contribution in [-0.2, 0) is 33.2 Å². The van der Waals surface area contributed by atoms with Crippen LogP contribution in [0.5, 0.6) is 0 Å². The lowest BCUT2D eigenvalue weighted by Crippen LogP contribution is -2.47. The van der Waals surface area contributed by atoms with Crippen LogP contribution in [0.4, 0.5) is 36.8 Å². The number of hydrogen-bond acceptors (Lipinski definition) is 6. The van der Waals surface area contributed by atoms with Gasteiger partial charge in [0, 0.05) is 45.0 Å². The summed E-state index contributed by atoms with van der Waals surface area (Å²) in [7, 11) is 0. The van der Waals surface area contributed by atoms with Gasteiger partial charge in [0.1, 0.15) is 12.3 Å². The summed E-state index contributed by atoms with van der Waals surface area (Å²) in [5.41, 5.74) is -3.81. The van der Waals surface area contributed by atoms with Crippen LogP contribution < -0.4 is 5.32 Å². The van der Waals surface area contributed by atoms with E-state index in [9.17, 15) is 35.9 Å². The van der Waals surface area contributed by atoms with Crippen molar-refractivity contribution in [1.29, 1.82) is 0 Å². The van der Waals surface area contributed by atoms with Gasteiger partial charge in [-0.2, -0.15) is 26.3 Å². The maximum absolute atomic E-state index is 13.5. The number of benzene rings is 1. The molecule has 1 N–H and O–H groups in total. The summed E-state index contributed by atoms with van der Waals surface area (Å²) in [6.45, 7) is 3.43. The molecule has 15 heteroatoms. The van der Waals surface area contributed by atoms with Gasteiger partial charge in [-0.3, -0.25) is 9.69 Å². The number of furan rings is 1.